The van der Waals surface area contributed by atoms with Crippen LogP contribution in [0.3, 0.4) is 0 Å². The average molecular weight is 347 g/mol. The van der Waals surface area contributed by atoms with Crippen molar-refractivity contribution in [3.8, 4) is 0 Å². The molecule has 2 rings (SSSR count). The van der Waals surface area contributed by atoms with E-state index in [1.54, 1.807) is 17.6 Å². The molecule has 0 saturated carbocycles. The van der Waals surface area contributed by atoms with Crippen LogP contribution in [-0.2, 0) is 5.41 Å². The lowest BCUT2D eigenvalue weighted by atomic mass is 9.84. The van der Waals surface area contributed by atoms with Crippen molar-refractivity contribution < 1.29 is 10.0 Å². The fraction of sp³-hybridized carbons (Fsp3) is 0.316. The Hall–Kier alpha value is -1.88. The van der Waals surface area contributed by atoms with Gasteiger partial charge in [-0.15, -0.1) is 0 Å². The maximum Gasteiger partial charge on any atom is 0.274 e. The zero-order valence-electron chi connectivity index (χ0n) is 14.1. The number of hydroxylamine groups is 1. The minimum Gasteiger partial charge on any atom is -0.309 e. The van der Waals surface area contributed by atoms with Gasteiger partial charge in [0, 0.05) is 28.6 Å². The van der Waals surface area contributed by atoms with Gasteiger partial charge >= 0.3 is 0 Å². The molecule has 0 heterocycles. The second kappa shape index (κ2) is 7.79. The molecule has 1 amide bonds. The van der Waals surface area contributed by atoms with Crippen molar-refractivity contribution in [1.82, 2.24) is 10.8 Å². The zero-order chi connectivity index (χ0) is 17.7. The van der Waals surface area contributed by atoms with E-state index in [1.807, 2.05) is 24.3 Å². The smallest absolute Gasteiger partial charge is 0.274 e. The predicted octanol–water partition coefficient (Wildman–Crippen LogP) is 4.09. The molecule has 0 aliphatic heterocycles. The number of benzene rings is 2. The van der Waals surface area contributed by atoms with Gasteiger partial charge in [-0.2, -0.15) is 0 Å². The van der Waals surface area contributed by atoms with Crippen molar-refractivity contribution in [3.63, 3.8) is 0 Å². The van der Waals surface area contributed by atoms with Crippen LogP contribution in [0, 0.1) is 0 Å². The summed E-state index contributed by atoms with van der Waals surface area (Å²) < 4.78 is 0. The number of carbonyl (C=O) groups is 1. The van der Waals surface area contributed by atoms with Gasteiger partial charge in [0.15, 0.2) is 0 Å². The van der Waals surface area contributed by atoms with Crippen molar-refractivity contribution in [2.24, 2.45) is 0 Å². The molecule has 24 heavy (non-hydrogen) atoms. The summed E-state index contributed by atoms with van der Waals surface area (Å²) in [6, 6.07) is 15.2. The summed E-state index contributed by atoms with van der Waals surface area (Å²) in [5.74, 6) is -0.508. The topological polar surface area (TPSA) is 61.4 Å². The molecule has 0 radical (unpaired) electrons. The van der Waals surface area contributed by atoms with Gasteiger partial charge in [0.25, 0.3) is 5.91 Å². The van der Waals surface area contributed by atoms with Crippen LogP contribution in [0.2, 0.25) is 5.02 Å². The first-order chi connectivity index (χ1) is 11.3. The molecule has 0 aliphatic rings. The summed E-state index contributed by atoms with van der Waals surface area (Å²) >= 11 is 5.96. The van der Waals surface area contributed by atoms with Crippen LogP contribution in [0.5, 0.6) is 0 Å². The molecule has 0 spiro atoms. The van der Waals surface area contributed by atoms with Crippen LogP contribution < -0.4 is 10.8 Å². The average Bonchev–Trinajstić information content (AvgIpc) is 2.59. The third kappa shape index (κ3) is 4.57. The molecular formula is C19H23ClN2O2. The Balaban J connectivity index is 2.00. The van der Waals surface area contributed by atoms with Gasteiger partial charge in [-0.3, -0.25) is 10.0 Å². The number of amides is 1. The fourth-order valence-electron chi connectivity index (χ4n) is 2.52. The second-order valence-electron chi connectivity index (χ2n) is 6.56. The van der Waals surface area contributed by atoms with Crippen molar-refractivity contribution in [1.29, 1.82) is 0 Å². The van der Waals surface area contributed by atoms with E-state index in [4.69, 9.17) is 16.8 Å². The van der Waals surface area contributed by atoms with Crippen LogP contribution in [0.25, 0.3) is 0 Å². The Morgan fingerprint density at radius 2 is 1.71 bits per heavy atom. The Morgan fingerprint density at radius 1 is 1.12 bits per heavy atom. The van der Waals surface area contributed by atoms with Crippen LogP contribution in [0.1, 0.15) is 48.3 Å². The number of hydrogen-bond acceptors (Lipinski definition) is 3. The SMILES string of the molecule is CC(NCC(C)(C)c1ccc(Cl)cc1)c1ccc(C(=O)NO)cc1. The first kappa shape index (κ1) is 18.5. The predicted molar refractivity (Wildman–Crippen MR) is 96.6 cm³/mol. The van der Waals surface area contributed by atoms with Crippen LogP contribution in [-0.4, -0.2) is 17.7 Å². The van der Waals surface area contributed by atoms with Crippen molar-refractivity contribution in [2.45, 2.75) is 32.2 Å². The van der Waals surface area contributed by atoms with Crippen molar-refractivity contribution in [2.75, 3.05) is 6.54 Å². The van der Waals surface area contributed by atoms with Gasteiger partial charge in [-0.1, -0.05) is 49.7 Å². The molecule has 0 aliphatic carbocycles. The van der Waals surface area contributed by atoms with E-state index in [9.17, 15) is 4.79 Å². The Morgan fingerprint density at radius 3 is 2.25 bits per heavy atom. The highest BCUT2D eigenvalue weighted by molar-refractivity contribution is 6.30. The monoisotopic (exact) mass is 346 g/mol. The molecule has 0 aromatic heterocycles. The summed E-state index contributed by atoms with van der Waals surface area (Å²) in [5.41, 5.74) is 4.33. The molecule has 5 heteroatoms. The lowest BCUT2D eigenvalue weighted by molar-refractivity contribution is 0.0706. The molecule has 2 aromatic carbocycles. The van der Waals surface area contributed by atoms with E-state index in [0.717, 1.165) is 17.1 Å². The summed E-state index contributed by atoms with van der Waals surface area (Å²) in [5, 5.41) is 12.9. The van der Waals surface area contributed by atoms with E-state index in [2.05, 4.69) is 38.2 Å². The Bertz CT molecular complexity index is 682. The quantitative estimate of drug-likeness (QED) is 0.545. The summed E-state index contributed by atoms with van der Waals surface area (Å²) in [6.07, 6.45) is 0. The van der Waals surface area contributed by atoms with E-state index in [0.29, 0.717) is 5.56 Å². The maximum atomic E-state index is 11.3. The van der Waals surface area contributed by atoms with Crippen LogP contribution in [0.4, 0.5) is 0 Å². The molecule has 3 N–H and O–H groups in total. The Kier molecular flexibility index (Phi) is 5.99. The maximum absolute atomic E-state index is 11.3. The fourth-order valence-corrected chi connectivity index (χ4v) is 2.64. The summed E-state index contributed by atoms with van der Waals surface area (Å²) in [6.45, 7) is 7.25. The van der Waals surface area contributed by atoms with Gasteiger partial charge < -0.3 is 5.32 Å². The van der Waals surface area contributed by atoms with Gasteiger partial charge in [0.2, 0.25) is 0 Å². The molecule has 4 nitrogen and oxygen atoms in total. The van der Waals surface area contributed by atoms with E-state index in [-0.39, 0.29) is 11.5 Å². The lowest BCUT2D eigenvalue weighted by Gasteiger charge is -2.28. The second-order valence-corrected chi connectivity index (χ2v) is 6.99. The highest BCUT2D eigenvalue weighted by Crippen LogP contribution is 2.25. The summed E-state index contributed by atoms with van der Waals surface area (Å²) in [7, 11) is 0. The highest BCUT2D eigenvalue weighted by atomic mass is 35.5. The van der Waals surface area contributed by atoms with E-state index < -0.39 is 5.91 Å². The van der Waals surface area contributed by atoms with Gasteiger partial charge in [0.05, 0.1) is 0 Å². The molecule has 0 fully saturated rings. The van der Waals surface area contributed by atoms with E-state index in [1.165, 1.54) is 5.56 Å². The third-order valence-electron chi connectivity index (χ3n) is 4.25. The normalized spacial score (nSPS) is 12.7. The molecule has 0 bridgehead atoms. The number of carbonyl (C=O) groups excluding carboxylic acids is 1. The van der Waals surface area contributed by atoms with Crippen molar-refractivity contribution >= 4 is 17.5 Å². The first-order valence-electron chi connectivity index (χ1n) is 7.87. The lowest BCUT2D eigenvalue weighted by Crippen LogP contribution is -2.34. The first-order valence-corrected chi connectivity index (χ1v) is 8.25. The molecule has 0 saturated heterocycles. The summed E-state index contributed by atoms with van der Waals surface area (Å²) in [4.78, 5) is 11.3. The Labute approximate surface area is 147 Å². The zero-order valence-corrected chi connectivity index (χ0v) is 14.9. The minimum atomic E-state index is -0.508. The van der Waals surface area contributed by atoms with Gasteiger partial charge in [-0.05, 0) is 42.3 Å². The molecule has 2 aromatic rings. The number of hydrogen-bond donors (Lipinski definition) is 3. The van der Waals surface area contributed by atoms with Gasteiger partial charge in [0.1, 0.15) is 0 Å². The highest BCUT2D eigenvalue weighted by Gasteiger charge is 2.21. The molecule has 1 atom stereocenters. The molecular weight excluding hydrogens is 324 g/mol. The van der Waals surface area contributed by atoms with Crippen LogP contribution in [0.15, 0.2) is 48.5 Å². The minimum absolute atomic E-state index is 0.0322. The molecule has 1 unspecified atom stereocenters. The number of nitrogens with one attached hydrogen (secondary N) is 2. The number of halogens is 1. The standard InChI is InChI=1S/C19H23ClN2O2/c1-13(14-4-6-15(7-5-14)18(23)22-24)21-12-19(2,3)16-8-10-17(20)11-9-16/h4-11,13,21,24H,12H2,1-3H3,(H,22,23). The van der Waals surface area contributed by atoms with E-state index >= 15 is 0 Å². The molecule has 128 valence electrons. The number of rotatable bonds is 6. The third-order valence-corrected chi connectivity index (χ3v) is 4.50. The van der Waals surface area contributed by atoms with Crippen molar-refractivity contribution in [3.05, 3.63) is 70.2 Å². The van der Waals surface area contributed by atoms with Gasteiger partial charge in [-0.25, -0.2) is 5.48 Å². The largest absolute Gasteiger partial charge is 0.309 e. The van der Waals surface area contributed by atoms with Crippen LogP contribution >= 0.6 is 11.6 Å².